The van der Waals surface area contributed by atoms with E-state index >= 15 is 0 Å². The van der Waals surface area contributed by atoms with E-state index in [2.05, 4.69) is 32.3 Å². The van der Waals surface area contributed by atoms with E-state index < -0.39 is 0 Å². The minimum atomic E-state index is 0. The lowest BCUT2D eigenvalue weighted by Crippen LogP contribution is -2.04. The van der Waals surface area contributed by atoms with Crippen LogP contribution < -0.4 is 20.5 Å². The first-order valence-electron chi connectivity index (χ1n) is 12.2. The van der Waals surface area contributed by atoms with Crippen molar-refractivity contribution in [3.63, 3.8) is 0 Å². The molecule has 3 aromatic carbocycles. The van der Waals surface area contributed by atoms with Gasteiger partial charge < -0.3 is 20.5 Å². The quantitative estimate of drug-likeness (QED) is 0.152. The van der Waals surface area contributed by atoms with Gasteiger partial charge in [-0.05, 0) is 48.6 Å². The lowest BCUT2D eigenvalue weighted by atomic mass is 9.96. The first-order chi connectivity index (χ1) is 16.7. The molecule has 1 atom stereocenters. The predicted octanol–water partition coefficient (Wildman–Crippen LogP) is 8.62. The molecule has 34 heavy (non-hydrogen) atoms. The van der Waals surface area contributed by atoms with Crippen molar-refractivity contribution in [2.75, 3.05) is 17.7 Å². The van der Waals surface area contributed by atoms with Crippen molar-refractivity contribution >= 4 is 17.1 Å². The molecular weight excluding hydrogens is 420 g/mol. The van der Waals surface area contributed by atoms with Gasteiger partial charge in [-0.1, -0.05) is 69.5 Å². The molecule has 0 aliphatic carbocycles. The summed E-state index contributed by atoms with van der Waals surface area (Å²) in [5.41, 5.74) is 9.83. The topological polar surface area (TPSA) is 56.5 Å². The van der Waals surface area contributed by atoms with Crippen LogP contribution in [0.5, 0.6) is 11.5 Å². The smallest absolute Gasteiger partial charge is 0.122 e. The number of benzene rings is 3. The molecule has 184 valence electrons. The molecule has 0 amide bonds. The Labute approximate surface area is 207 Å². The Balaban J connectivity index is 0.00000199. The minimum absolute atomic E-state index is 0. The maximum atomic E-state index is 6.27. The predicted molar refractivity (Wildman–Crippen MR) is 148 cm³/mol. The number of rotatable bonds is 13. The van der Waals surface area contributed by atoms with E-state index in [4.69, 9.17) is 15.2 Å². The molecule has 0 spiro atoms. The number of nitrogens with two attached hydrogens (primary N) is 1. The molecule has 0 bridgehead atoms. The van der Waals surface area contributed by atoms with Gasteiger partial charge in [0.05, 0.1) is 18.0 Å². The molecule has 0 aromatic heterocycles. The number of nitrogen functional groups attached to an aromatic ring is 1. The molecule has 0 aliphatic rings. The summed E-state index contributed by atoms with van der Waals surface area (Å²) < 4.78 is 11.9. The highest BCUT2D eigenvalue weighted by Crippen LogP contribution is 2.29. The number of anilines is 3. The third kappa shape index (κ3) is 9.22. The fraction of sp³-hybridized carbons (Fsp3) is 0.333. The van der Waals surface area contributed by atoms with Gasteiger partial charge in [-0.25, -0.2) is 0 Å². The zero-order valence-electron chi connectivity index (χ0n) is 20.8. The molecule has 1 unspecified atom stereocenters. The second kappa shape index (κ2) is 15.4. The summed E-state index contributed by atoms with van der Waals surface area (Å²) in [4.78, 5) is 0. The van der Waals surface area contributed by atoms with Gasteiger partial charge >= 0.3 is 0 Å². The highest BCUT2D eigenvalue weighted by atomic mass is 16.5. The summed E-state index contributed by atoms with van der Waals surface area (Å²) in [7, 11) is 0. The van der Waals surface area contributed by atoms with Crippen LogP contribution in [0.4, 0.5) is 17.1 Å². The number of nitrogens with one attached hydrogen (secondary N) is 1. The monoisotopic (exact) mass is 462 g/mol. The minimum Gasteiger partial charge on any atom is -0.494 e. The normalized spacial score (nSPS) is 11.1. The number of hydrogen-bond donors (Lipinski definition) is 2. The van der Waals surface area contributed by atoms with Crippen LogP contribution in [0.1, 0.15) is 52.9 Å². The zero-order chi connectivity index (χ0) is 24.6. The van der Waals surface area contributed by atoms with Crippen LogP contribution in [-0.4, -0.2) is 6.61 Å². The second-order valence-corrected chi connectivity index (χ2v) is 8.23. The lowest BCUT2D eigenvalue weighted by molar-refractivity contribution is 0.286. The summed E-state index contributed by atoms with van der Waals surface area (Å²) in [6.45, 7) is 11.8. The Morgan fingerprint density at radius 3 is 2.35 bits per heavy atom. The molecule has 3 N–H and O–H groups in total. The average Bonchev–Trinajstić information content (AvgIpc) is 2.88. The fourth-order valence-electron chi connectivity index (χ4n) is 3.83. The summed E-state index contributed by atoms with van der Waals surface area (Å²) in [5.74, 6) is 2.45. The zero-order valence-corrected chi connectivity index (χ0v) is 20.8. The van der Waals surface area contributed by atoms with E-state index in [0.29, 0.717) is 12.3 Å². The SMILES string of the molecule is C=C.CCCC(CC)CCCOc1cccc(Nc2ccc(OCc3ccccc3)cc2N)c1.[HH]. The average molecular weight is 463 g/mol. The van der Waals surface area contributed by atoms with Gasteiger partial charge in [-0.3, -0.25) is 0 Å². The first kappa shape index (κ1) is 26.8. The van der Waals surface area contributed by atoms with Gasteiger partial charge in [-0.15, -0.1) is 13.2 Å². The molecule has 0 saturated heterocycles. The van der Waals surface area contributed by atoms with Gasteiger partial charge in [0.25, 0.3) is 0 Å². The molecule has 0 fully saturated rings. The lowest BCUT2D eigenvalue weighted by Gasteiger charge is -2.15. The van der Waals surface area contributed by atoms with Crippen molar-refractivity contribution in [2.45, 2.75) is 52.6 Å². The van der Waals surface area contributed by atoms with Gasteiger partial charge in [0, 0.05) is 19.2 Å². The van der Waals surface area contributed by atoms with E-state index in [0.717, 1.165) is 47.4 Å². The highest BCUT2D eigenvalue weighted by Gasteiger charge is 2.06. The third-order valence-electron chi connectivity index (χ3n) is 5.68. The summed E-state index contributed by atoms with van der Waals surface area (Å²) in [5, 5.41) is 3.39. The summed E-state index contributed by atoms with van der Waals surface area (Å²) in [6, 6.07) is 23.9. The molecule has 3 aromatic rings. The number of hydrogen-bond acceptors (Lipinski definition) is 4. The van der Waals surface area contributed by atoms with Gasteiger partial charge in [0.15, 0.2) is 0 Å². The van der Waals surface area contributed by atoms with Gasteiger partial charge in [0.2, 0.25) is 0 Å². The first-order valence-corrected chi connectivity index (χ1v) is 12.2. The Morgan fingerprint density at radius 2 is 1.65 bits per heavy atom. The van der Waals surface area contributed by atoms with Crippen LogP contribution in [0.25, 0.3) is 0 Å². The summed E-state index contributed by atoms with van der Waals surface area (Å²) >= 11 is 0. The summed E-state index contributed by atoms with van der Waals surface area (Å²) in [6.07, 6.45) is 6.15. The van der Waals surface area contributed by atoms with Crippen LogP contribution in [0.2, 0.25) is 0 Å². The number of ether oxygens (including phenoxy) is 2. The van der Waals surface area contributed by atoms with Crippen molar-refractivity contribution in [2.24, 2.45) is 5.92 Å². The Bertz CT molecular complexity index is 966. The van der Waals surface area contributed by atoms with Gasteiger partial charge in [0.1, 0.15) is 18.1 Å². The molecule has 4 nitrogen and oxygen atoms in total. The van der Waals surface area contributed by atoms with Crippen LogP contribution >= 0.6 is 0 Å². The molecule has 0 saturated carbocycles. The molecule has 0 radical (unpaired) electrons. The maximum Gasteiger partial charge on any atom is 0.122 e. The van der Waals surface area contributed by atoms with Crippen molar-refractivity contribution < 1.29 is 10.9 Å². The van der Waals surface area contributed by atoms with Crippen molar-refractivity contribution in [1.82, 2.24) is 0 Å². The maximum absolute atomic E-state index is 6.27. The largest absolute Gasteiger partial charge is 0.494 e. The molecule has 4 heteroatoms. The van der Waals surface area contributed by atoms with Crippen LogP contribution in [0, 0.1) is 5.92 Å². The standard InChI is InChI=1S/C28H36N2O2.C2H4.H2/c1-3-10-22(4-2)13-9-18-31-25-15-8-14-24(19-25)30-28-17-16-26(20-27(28)29)32-21-23-11-6-5-7-12-23;1-2;/h5-8,11-12,14-17,19-20,22,30H,3-4,9-10,13,18,21,29H2,1-2H3;1-2H2;1H. The van der Waals surface area contributed by atoms with E-state index in [9.17, 15) is 0 Å². The third-order valence-corrected chi connectivity index (χ3v) is 5.68. The van der Waals surface area contributed by atoms with E-state index in [1.807, 2.05) is 72.8 Å². The van der Waals surface area contributed by atoms with Crippen LogP contribution in [0.3, 0.4) is 0 Å². The van der Waals surface area contributed by atoms with Crippen LogP contribution in [-0.2, 0) is 6.61 Å². The fourth-order valence-corrected chi connectivity index (χ4v) is 3.83. The molecule has 0 aliphatic heterocycles. The van der Waals surface area contributed by atoms with Crippen molar-refractivity contribution in [1.29, 1.82) is 0 Å². The Morgan fingerprint density at radius 1 is 0.882 bits per heavy atom. The molecule has 3 rings (SSSR count). The van der Waals surface area contributed by atoms with Crippen molar-refractivity contribution in [3.05, 3.63) is 91.5 Å². The molecule has 0 heterocycles. The molecular formula is C30H42N2O2. The van der Waals surface area contributed by atoms with Gasteiger partial charge in [-0.2, -0.15) is 0 Å². The Kier molecular flexibility index (Phi) is 12.2. The highest BCUT2D eigenvalue weighted by molar-refractivity contribution is 5.74. The van der Waals surface area contributed by atoms with Crippen molar-refractivity contribution in [3.8, 4) is 11.5 Å². The van der Waals surface area contributed by atoms with Crippen LogP contribution in [0.15, 0.2) is 86.0 Å². The second-order valence-electron chi connectivity index (χ2n) is 8.23. The van der Waals surface area contributed by atoms with E-state index in [1.54, 1.807) is 0 Å². The van der Waals surface area contributed by atoms with E-state index in [1.165, 1.54) is 25.7 Å². The van der Waals surface area contributed by atoms with E-state index in [-0.39, 0.29) is 1.43 Å². The Hall–Kier alpha value is -3.40.